The van der Waals surface area contributed by atoms with Crippen LogP contribution in [0.25, 0.3) is 33.2 Å². The first-order valence-corrected chi connectivity index (χ1v) is 13.7. The number of rotatable bonds is 8. The van der Waals surface area contributed by atoms with Gasteiger partial charge in [0, 0.05) is 42.0 Å². The van der Waals surface area contributed by atoms with E-state index in [1.165, 1.54) is 18.1 Å². The molecule has 39 heavy (non-hydrogen) atoms. The molecule has 3 aromatic carbocycles. The van der Waals surface area contributed by atoms with Gasteiger partial charge in [0.05, 0.1) is 5.52 Å². The fourth-order valence-electron chi connectivity index (χ4n) is 5.87. The highest BCUT2D eigenvalue weighted by Gasteiger charge is 2.25. The van der Waals surface area contributed by atoms with Crippen LogP contribution in [0.4, 0.5) is 0 Å². The molecule has 2 N–H and O–H groups in total. The second-order valence-electron chi connectivity index (χ2n) is 10.3. The Balaban J connectivity index is 1.66. The van der Waals surface area contributed by atoms with Crippen LogP contribution in [-0.4, -0.2) is 26.8 Å². The first kappa shape index (κ1) is 25.1. The summed E-state index contributed by atoms with van der Waals surface area (Å²) < 4.78 is 3.45. The summed E-state index contributed by atoms with van der Waals surface area (Å²) in [6, 6.07) is 22.4. The zero-order valence-corrected chi connectivity index (χ0v) is 22.2. The molecule has 5 aromatic rings. The summed E-state index contributed by atoms with van der Waals surface area (Å²) in [6.45, 7) is 2.72. The molecule has 0 saturated carbocycles. The predicted octanol–water partition coefficient (Wildman–Crippen LogP) is 4.81. The molecular weight excluding hydrogens is 488 g/mol. The largest absolute Gasteiger partial charge is 0.344 e. The molecule has 0 unspecified atom stereocenters. The van der Waals surface area contributed by atoms with E-state index in [1.54, 1.807) is 0 Å². The highest BCUT2D eigenvalue weighted by molar-refractivity contribution is 5.98. The third-order valence-electron chi connectivity index (χ3n) is 7.61. The Bertz CT molecular complexity index is 1750. The van der Waals surface area contributed by atoms with Gasteiger partial charge < -0.3 is 15.1 Å². The Morgan fingerprint density at radius 2 is 1.72 bits per heavy atom. The van der Waals surface area contributed by atoms with Gasteiger partial charge in [-0.3, -0.25) is 4.79 Å². The van der Waals surface area contributed by atoms with Crippen LogP contribution in [0.5, 0.6) is 0 Å². The minimum Gasteiger partial charge on any atom is -0.344 e. The molecule has 7 heteroatoms. The van der Waals surface area contributed by atoms with Gasteiger partial charge in [-0.2, -0.15) is 0 Å². The average molecular weight is 521 g/mol. The zero-order valence-electron chi connectivity index (χ0n) is 22.2. The molecule has 2 heterocycles. The van der Waals surface area contributed by atoms with E-state index in [4.69, 9.17) is 15.6 Å². The average Bonchev–Trinajstić information content (AvgIpc) is 3.52. The number of hydrogen-bond acceptors (Lipinski definition) is 5. The monoisotopic (exact) mass is 520 g/mol. The van der Waals surface area contributed by atoms with Crippen LogP contribution in [0.2, 0.25) is 0 Å². The molecule has 7 nitrogen and oxygen atoms in total. The van der Waals surface area contributed by atoms with Gasteiger partial charge in [0.1, 0.15) is 11.2 Å². The lowest BCUT2D eigenvalue weighted by Gasteiger charge is -2.15. The van der Waals surface area contributed by atoms with Crippen molar-refractivity contribution in [3.63, 3.8) is 0 Å². The van der Waals surface area contributed by atoms with Crippen molar-refractivity contribution in [1.29, 1.82) is 0 Å². The topological polar surface area (TPSA) is 92.1 Å². The van der Waals surface area contributed by atoms with Crippen LogP contribution in [0.3, 0.4) is 0 Å². The fourth-order valence-corrected chi connectivity index (χ4v) is 5.87. The van der Waals surface area contributed by atoms with E-state index in [2.05, 4.69) is 28.8 Å². The number of nitrogens with zero attached hydrogens (tertiary/aromatic N) is 3. The Kier molecular flexibility index (Phi) is 6.75. The first-order valence-electron chi connectivity index (χ1n) is 13.7. The van der Waals surface area contributed by atoms with Crippen LogP contribution in [0, 0.1) is 0 Å². The number of aryl methyl sites for hydroxylation is 3. The summed E-state index contributed by atoms with van der Waals surface area (Å²) in [5, 5.41) is 0.954. The molecule has 6 rings (SSSR count). The molecule has 2 aromatic heterocycles. The van der Waals surface area contributed by atoms with E-state index in [0.717, 1.165) is 71.1 Å². The molecule has 0 saturated heterocycles. The van der Waals surface area contributed by atoms with Crippen LogP contribution in [0.15, 0.2) is 71.5 Å². The van der Waals surface area contributed by atoms with Crippen molar-refractivity contribution in [2.45, 2.75) is 52.0 Å². The standard InChI is InChI=1S/C32H32N4O3/c1-21(37)39-36-28-20-24-13-9-12-23(24)19-26(28)34-31(32(36)38)30-25-14-5-6-15-27(25)35(17-8-7-16-33)29(30)18-22-10-3-2-4-11-22/h2-6,10-11,14-15,19-20H,7-9,12-13,16-18,33H2,1H3. The van der Waals surface area contributed by atoms with Gasteiger partial charge in [-0.25, -0.2) is 9.78 Å². The number of unbranched alkanes of at least 4 members (excludes halogenated alkanes) is 1. The number of benzene rings is 3. The minimum atomic E-state index is -0.551. The highest BCUT2D eigenvalue weighted by Crippen LogP contribution is 2.36. The second kappa shape index (κ2) is 10.5. The lowest BCUT2D eigenvalue weighted by molar-refractivity contribution is -0.141. The Hall–Kier alpha value is -4.23. The van der Waals surface area contributed by atoms with Crippen molar-refractivity contribution >= 4 is 27.9 Å². The number of nitrogens with two attached hydrogens (primary N) is 1. The van der Waals surface area contributed by atoms with Crippen molar-refractivity contribution in [3.05, 3.63) is 99.5 Å². The summed E-state index contributed by atoms with van der Waals surface area (Å²) in [6.07, 6.45) is 5.45. The first-order chi connectivity index (χ1) is 19.0. The third-order valence-corrected chi connectivity index (χ3v) is 7.61. The van der Waals surface area contributed by atoms with Crippen LogP contribution >= 0.6 is 0 Å². The molecule has 0 amide bonds. The van der Waals surface area contributed by atoms with Gasteiger partial charge in [0.15, 0.2) is 0 Å². The SMILES string of the molecule is CC(=O)On1c(=O)c(-c2c(Cc3ccccc3)n(CCCCN)c3ccccc23)nc2cc3c(cc21)CCC3. The van der Waals surface area contributed by atoms with E-state index in [0.29, 0.717) is 29.7 Å². The van der Waals surface area contributed by atoms with Crippen molar-refractivity contribution in [2.24, 2.45) is 5.73 Å². The normalized spacial score (nSPS) is 12.8. The Labute approximate surface area is 226 Å². The quantitative estimate of drug-likeness (QED) is 0.297. The predicted molar refractivity (Wildman–Crippen MR) is 154 cm³/mol. The maximum absolute atomic E-state index is 14.1. The molecule has 1 aliphatic rings. The van der Waals surface area contributed by atoms with Gasteiger partial charge in [0.25, 0.3) is 0 Å². The second-order valence-corrected chi connectivity index (χ2v) is 10.3. The molecule has 0 atom stereocenters. The van der Waals surface area contributed by atoms with E-state index in [-0.39, 0.29) is 0 Å². The summed E-state index contributed by atoms with van der Waals surface area (Å²) in [7, 11) is 0. The smallest absolute Gasteiger partial charge is 0.330 e. The third kappa shape index (κ3) is 4.63. The molecule has 0 bridgehead atoms. The van der Waals surface area contributed by atoms with Crippen molar-refractivity contribution in [3.8, 4) is 11.3 Å². The van der Waals surface area contributed by atoms with E-state index >= 15 is 0 Å². The highest BCUT2D eigenvalue weighted by atomic mass is 16.7. The van der Waals surface area contributed by atoms with Gasteiger partial charge in [-0.15, -0.1) is 4.73 Å². The lowest BCUT2D eigenvalue weighted by atomic mass is 10.0. The number of aromatic nitrogens is 3. The molecule has 0 fully saturated rings. The number of carbonyl (C=O) groups excluding carboxylic acids is 1. The van der Waals surface area contributed by atoms with Gasteiger partial charge >= 0.3 is 11.5 Å². The number of carbonyl (C=O) groups is 1. The maximum Gasteiger partial charge on any atom is 0.330 e. The van der Waals surface area contributed by atoms with E-state index in [9.17, 15) is 9.59 Å². The number of para-hydroxylation sites is 1. The molecule has 198 valence electrons. The Morgan fingerprint density at radius 3 is 2.49 bits per heavy atom. The molecule has 0 aliphatic heterocycles. The molecule has 0 radical (unpaired) electrons. The van der Waals surface area contributed by atoms with Crippen molar-refractivity contribution in [2.75, 3.05) is 6.54 Å². The van der Waals surface area contributed by atoms with Crippen LogP contribution < -0.4 is 16.1 Å². The Morgan fingerprint density at radius 1 is 0.974 bits per heavy atom. The maximum atomic E-state index is 14.1. The van der Waals surface area contributed by atoms with E-state index < -0.39 is 11.5 Å². The molecule has 1 aliphatic carbocycles. The molecular formula is C32H32N4O3. The van der Waals surface area contributed by atoms with Gasteiger partial charge in [-0.1, -0.05) is 48.5 Å². The summed E-state index contributed by atoms with van der Waals surface area (Å²) in [5.74, 6) is -0.551. The lowest BCUT2D eigenvalue weighted by Crippen LogP contribution is -2.32. The zero-order chi connectivity index (χ0) is 26.9. The molecule has 0 spiro atoms. The summed E-state index contributed by atoms with van der Waals surface area (Å²) in [5.41, 5.74) is 13.3. The van der Waals surface area contributed by atoms with E-state index in [1.807, 2.05) is 42.5 Å². The van der Waals surface area contributed by atoms with Gasteiger partial charge in [0.2, 0.25) is 0 Å². The van der Waals surface area contributed by atoms with Gasteiger partial charge in [-0.05, 0) is 73.5 Å². The van der Waals surface area contributed by atoms with Crippen molar-refractivity contribution in [1.82, 2.24) is 14.3 Å². The summed E-state index contributed by atoms with van der Waals surface area (Å²) >= 11 is 0. The number of hydrogen-bond donors (Lipinski definition) is 1. The van der Waals surface area contributed by atoms with Crippen LogP contribution in [-0.2, 0) is 30.6 Å². The fraction of sp³-hybridized carbons (Fsp3) is 0.281. The van der Waals surface area contributed by atoms with Crippen molar-refractivity contribution < 1.29 is 9.63 Å². The number of fused-ring (bicyclic) bond motifs is 3. The summed E-state index contributed by atoms with van der Waals surface area (Å²) in [4.78, 5) is 36.8. The minimum absolute atomic E-state index is 0.293. The van der Waals surface area contributed by atoms with Crippen LogP contribution in [0.1, 0.15) is 48.6 Å².